The number of benzene rings is 2. The first-order valence-electron chi connectivity index (χ1n) is 8.86. The number of carbonyl (C=O) groups is 1. The molecule has 6 nitrogen and oxygen atoms in total. The van der Waals surface area contributed by atoms with E-state index in [1.807, 2.05) is 55.5 Å². The summed E-state index contributed by atoms with van der Waals surface area (Å²) in [5.74, 6) is 0.869. The molecule has 0 saturated heterocycles. The molecule has 26 heavy (non-hydrogen) atoms. The van der Waals surface area contributed by atoms with E-state index in [4.69, 9.17) is 4.74 Å². The molecule has 0 radical (unpaired) electrons. The maximum Gasteiger partial charge on any atom is 0.315 e. The quantitative estimate of drug-likeness (QED) is 0.583. The Balaban J connectivity index is 1.44. The number of nitrogens with zero attached hydrogens (tertiary/aromatic N) is 1. The summed E-state index contributed by atoms with van der Waals surface area (Å²) < 4.78 is 5.47. The summed E-state index contributed by atoms with van der Waals surface area (Å²) >= 11 is 0. The zero-order chi connectivity index (χ0) is 18.2. The molecule has 0 atom stereocenters. The number of para-hydroxylation sites is 2. The van der Waals surface area contributed by atoms with Crippen LogP contribution >= 0.6 is 0 Å². The third kappa shape index (κ3) is 4.83. The Kier molecular flexibility index (Phi) is 6.22. The summed E-state index contributed by atoms with van der Waals surface area (Å²) in [5.41, 5.74) is 4.11. The van der Waals surface area contributed by atoms with Crippen molar-refractivity contribution in [2.45, 2.75) is 26.5 Å². The molecule has 0 unspecified atom stereocenters. The van der Waals surface area contributed by atoms with Crippen molar-refractivity contribution in [2.24, 2.45) is 0 Å². The SMILES string of the molecule is CCOCc1ccccc1CNC(=O)NCCc1nc2ccccc2[nH]1. The van der Waals surface area contributed by atoms with Crippen molar-refractivity contribution in [3.8, 4) is 0 Å². The highest BCUT2D eigenvalue weighted by molar-refractivity contribution is 5.75. The summed E-state index contributed by atoms with van der Waals surface area (Å²) in [4.78, 5) is 19.8. The second kappa shape index (κ2) is 9.01. The fraction of sp³-hybridized carbons (Fsp3) is 0.300. The van der Waals surface area contributed by atoms with E-state index in [2.05, 4.69) is 20.6 Å². The largest absolute Gasteiger partial charge is 0.377 e. The van der Waals surface area contributed by atoms with Crippen molar-refractivity contribution in [1.29, 1.82) is 0 Å². The van der Waals surface area contributed by atoms with Crippen LogP contribution in [0.2, 0.25) is 0 Å². The van der Waals surface area contributed by atoms with Crippen LogP contribution in [0, 0.1) is 0 Å². The van der Waals surface area contributed by atoms with E-state index >= 15 is 0 Å². The molecule has 0 bridgehead atoms. The Morgan fingerprint density at radius 1 is 1.08 bits per heavy atom. The summed E-state index contributed by atoms with van der Waals surface area (Å²) in [6, 6.07) is 15.7. The van der Waals surface area contributed by atoms with Crippen LogP contribution in [0.4, 0.5) is 4.79 Å². The lowest BCUT2D eigenvalue weighted by molar-refractivity contribution is 0.133. The van der Waals surface area contributed by atoms with Gasteiger partial charge in [-0.15, -0.1) is 0 Å². The zero-order valence-corrected chi connectivity index (χ0v) is 14.9. The van der Waals surface area contributed by atoms with Gasteiger partial charge in [-0.2, -0.15) is 0 Å². The minimum Gasteiger partial charge on any atom is -0.377 e. The van der Waals surface area contributed by atoms with Gasteiger partial charge in [0.2, 0.25) is 0 Å². The first-order chi connectivity index (χ1) is 12.8. The number of aromatic amines is 1. The summed E-state index contributed by atoms with van der Waals surface area (Å²) in [7, 11) is 0. The second-order valence-electron chi connectivity index (χ2n) is 5.97. The van der Waals surface area contributed by atoms with Gasteiger partial charge >= 0.3 is 6.03 Å². The standard InChI is InChI=1S/C20H24N4O2/c1-2-26-14-16-8-4-3-7-15(16)13-22-20(25)21-12-11-19-23-17-9-5-6-10-18(17)24-19/h3-10H,2,11-14H2,1H3,(H,23,24)(H2,21,22,25). The number of nitrogens with one attached hydrogen (secondary N) is 3. The molecule has 1 aromatic heterocycles. The first kappa shape index (κ1) is 17.9. The van der Waals surface area contributed by atoms with Gasteiger partial charge in [-0.25, -0.2) is 9.78 Å². The van der Waals surface area contributed by atoms with Crippen LogP contribution in [-0.2, 0) is 24.3 Å². The lowest BCUT2D eigenvalue weighted by Crippen LogP contribution is -2.36. The Morgan fingerprint density at radius 2 is 1.85 bits per heavy atom. The van der Waals surface area contributed by atoms with E-state index < -0.39 is 0 Å². The van der Waals surface area contributed by atoms with Crippen LogP contribution in [0.3, 0.4) is 0 Å². The van der Waals surface area contributed by atoms with Crippen molar-refractivity contribution in [1.82, 2.24) is 20.6 Å². The summed E-state index contributed by atoms with van der Waals surface area (Å²) in [6.07, 6.45) is 0.656. The second-order valence-corrected chi connectivity index (χ2v) is 5.97. The normalized spacial score (nSPS) is 10.8. The minimum absolute atomic E-state index is 0.188. The molecule has 3 rings (SSSR count). The molecule has 2 aromatic carbocycles. The number of aromatic nitrogens is 2. The van der Waals surface area contributed by atoms with Gasteiger partial charge in [0.1, 0.15) is 5.82 Å². The lowest BCUT2D eigenvalue weighted by Gasteiger charge is -2.11. The third-order valence-electron chi connectivity index (χ3n) is 4.11. The average molecular weight is 352 g/mol. The fourth-order valence-corrected chi connectivity index (χ4v) is 2.74. The van der Waals surface area contributed by atoms with Gasteiger partial charge in [0, 0.05) is 26.1 Å². The molecule has 0 fully saturated rings. The Bertz CT molecular complexity index is 827. The molecular formula is C20H24N4O2. The van der Waals surface area contributed by atoms with Crippen molar-refractivity contribution in [2.75, 3.05) is 13.2 Å². The van der Waals surface area contributed by atoms with E-state index in [1.54, 1.807) is 0 Å². The maximum atomic E-state index is 12.0. The number of carbonyl (C=O) groups excluding carboxylic acids is 1. The number of hydrogen-bond donors (Lipinski definition) is 3. The molecule has 136 valence electrons. The number of imidazole rings is 1. The van der Waals surface area contributed by atoms with Gasteiger partial charge in [-0.05, 0) is 30.2 Å². The van der Waals surface area contributed by atoms with Crippen molar-refractivity contribution >= 4 is 17.1 Å². The van der Waals surface area contributed by atoms with Crippen LogP contribution in [0.25, 0.3) is 11.0 Å². The van der Waals surface area contributed by atoms with E-state index in [0.717, 1.165) is 28.0 Å². The molecule has 0 aliphatic heterocycles. The highest BCUT2D eigenvalue weighted by atomic mass is 16.5. The number of ether oxygens (including phenoxy) is 1. The number of urea groups is 1. The van der Waals surface area contributed by atoms with E-state index in [0.29, 0.717) is 32.7 Å². The van der Waals surface area contributed by atoms with E-state index in [1.165, 1.54) is 0 Å². The van der Waals surface area contributed by atoms with E-state index in [9.17, 15) is 4.79 Å². The lowest BCUT2D eigenvalue weighted by atomic mass is 10.1. The number of rotatable bonds is 8. The molecule has 3 N–H and O–H groups in total. The Hall–Kier alpha value is -2.86. The fourth-order valence-electron chi connectivity index (χ4n) is 2.74. The monoisotopic (exact) mass is 352 g/mol. The van der Waals surface area contributed by atoms with Gasteiger partial charge < -0.3 is 20.4 Å². The zero-order valence-electron chi connectivity index (χ0n) is 14.9. The van der Waals surface area contributed by atoms with Gasteiger partial charge in [-0.1, -0.05) is 36.4 Å². The third-order valence-corrected chi connectivity index (χ3v) is 4.11. The molecular weight excluding hydrogens is 328 g/mol. The topological polar surface area (TPSA) is 79.0 Å². The molecule has 3 aromatic rings. The molecule has 1 heterocycles. The van der Waals surface area contributed by atoms with Crippen LogP contribution in [0.15, 0.2) is 48.5 Å². The number of H-pyrrole nitrogens is 1. The van der Waals surface area contributed by atoms with Crippen LogP contribution in [-0.4, -0.2) is 29.2 Å². The Morgan fingerprint density at radius 3 is 2.65 bits per heavy atom. The molecule has 0 spiro atoms. The Labute approximate surface area is 153 Å². The first-order valence-corrected chi connectivity index (χ1v) is 8.86. The van der Waals surface area contributed by atoms with E-state index in [-0.39, 0.29) is 6.03 Å². The average Bonchev–Trinajstić information content (AvgIpc) is 3.08. The van der Waals surface area contributed by atoms with Gasteiger partial charge in [0.05, 0.1) is 17.6 Å². The highest BCUT2D eigenvalue weighted by Crippen LogP contribution is 2.11. The van der Waals surface area contributed by atoms with Crippen LogP contribution < -0.4 is 10.6 Å². The van der Waals surface area contributed by atoms with Gasteiger partial charge in [-0.3, -0.25) is 0 Å². The number of fused-ring (bicyclic) bond motifs is 1. The molecule has 2 amide bonds. The predicted octanol–water partition coefficient (Wildman–Crippen LogP) is 3.14. The molecule has 0 saturated carbocycles. The van der Waals surface area contributed by atoms with Crippen molar-refractivity contribution in [3.05, 3.63) is 65.5 Å². The summed E-state index contributed by atoms with van der Waals surface area (Å²) in [5, 5.41) is 5.76. The van der Waals surface area contributed by atoms with Crippen molar-refractivity contribution in [3.63, 3.8) is 0 Å². The minimum atomic E-state index is -0.188. The van der Waals surface area contributed by atoms with Gasteiger partial charge in [0.15, 0.2) is 0 Å². The highest BCUT2D eigenvalue weighted by Gasteiger charge is 2.06. The molecule has 0 aliphatic carbocycles. The van der Waals surface area contributed by atoms with Crippen molar-refractivity contribution < 1.29 is 9.53 Å². The molecule has 0 aliphatic rings. The maximum absolute atomic E-state index is 12.0. The van der Waals surface area contributed by atoms with Crippen LogP contribution in [0.1, 0.15) is 23.9 Å². The molecule has 6 heteroatoms. The predicted molar refractivity (Wildman–Crippen MR) is 102 cm³/mol. The smallest absolute Gasteiger partial charge is 0.315 e. The summed E-state index contributed by atoms with van der Waals surface area (Å²) in [6.45, 7) is 4.19. The van der Waals surface area contributed by atoms with Gasteiger partial charge in [0.25, 0.3) is 0 Å². The number of hydrogen-bond acceptors (Lipinski definition) is 3. The number of amides is 2. The van der Waals surface area contributed by atoms with Crippen LogP contribution in [0.5, 0.6) is 0 Å².